The Hall–Kier alpha value is -3.84. The molecule has 0 aliphatic carbocycles. The number of aliphatic hydroxyl groups is 1. The standard InChI is InChI=1S/C25H21ClN2O5/c1-32-19-9-4-3-7-16(19)14-28-22(18-8-5-6-12-27-18)21(24(30)25(28)31)23(29)15-10-11-20(33-2)17(26)13-15/h3-13,22,29H,14H2,1-2H3/b23-21-. The number of ether oxygens (including phenoxy) is 2. The van der Waals surface area contributed by atoms with Crippen molar-refractivity contribution in [3.63, 3.8) is 0 Å². The van der Waals surface area contributed by atoms with E-state index in [1.165, 1.54) is 25.2 Å². The van der Waals surface area contributed by atoms with E-state index in [1.54, 1.807) is 42.6 Å². The highest BCUT2D eigenvalue weighted by atomic mass is 35.5. The molecule has 1 saturated heterocycles. The van der Waals surface area contributed by atoms with Crippen molar-refractivity contribution in [2.75, 3.05) is 14.2 Å². The van der Waals surface area contributed by atoms with Crippen molar-refractivity contribution in [2.24, 2.45) is 0 Å². The number of carbonyl (C=O) groups excluding carboxylic acids is 2. The number of amides is 1. The average molecular weight is 465 g/mol. The molecule has 0 saturated carbocycles. The molecular weight excluding hydrogens is 444 g/mol. The Labute approximate surface area is 195 Å². The number of pyridine rings is 1. The van der Waals surface area contributed by atoms with Crippen molar-refractivity contribution in [2.45, 2.75) is 12.6 Å². The van der Waals surface area contributed by atoms with Crippen LogP contribution in [0.3, 0.4) is 0 Å². The second kappa shape index (κ2) is 9.34. The summed E-state index contributed by atoms with van der Waals surface area (Å²) in [5, 5.41) is 11.4. The van der Waals surface area contributed by atoms with Crippen molar-refractivity contribution in [1.82, 2.24) is 9.88 Å². The quantitative estimate of drug-likeness (QED) is 0.331. The van der Waals surface area contributed by atoms with Gasteiger partial charge in [0.15, 0.2) is 0 Å². The molecule has 3 aromatic rings. The molecule has 0 radical (unpaired) electrons. The fourth-order valence-corrected chi connectivity index (χ4v) is 4.13. The van der Waals surface area contributed by atoms with Crippen LogP contribution in [0, 0.1) is 0 Å². The highest BCUT2D eigenvalue weighted by Crippen LogP contribution is 2.41. The Balaban J connectivity index is 1.86. The van der Waals surface area contributed by atoms with Gasteiger partial charge in [0, 0.05) is 17.3 Å². The summed E-state index contributed by atoms with van der Waals surface area (Å²) in [5.74, 6) is -0.869. The van der Waals surface area contributed by atoms with Gasteiger partial charge in [-0.2, -0.15) is 0 Å². The number of benzene rings is 2. The van der Waals surface area contributed by atoms with Gasteiger partial charge in [0.1, 0.15) is 23.3 Å². The van der Waals surface area contributed by atoms with E-state index in [-0.39, 0.29) is 28.5 Å². The molecule has 1 unspecified atom stereocenters. The van der Waals surface area contributed by atoms with Crippen molar-refractivity contribution >= 4 is 29.1 Å². The molecule has 1 aromatic heterocycles. The molecule has 0 bridgehead atoms. The fourth-order valence-electron chi connectivity index (χ4n) is 3.87. The summed E-state index contributed by atoms with van der Waals surface area (Å²) in [4.78, 5) is 32.0. The van der Waals surface area contributed by atoms with Crippen LogP contribution in [-0.2, 0) is 16.1 Å². The third-order valence-corrected chi connectivity index (χ3v) is 5.76. The summed E-state index contributed by atoms with van der Waals surface area (Å²) in [5.41, 5.74) is 1.40. The summed E-state index contributed by atoms with van der Waals surface area (Å²) in [6, 6.07) is 16.2. The van der Waals surface area contributed by atoms with E-state index >= 15 is 0 Å². The number of hydrogen-bond donors (Lipinski definition) is 1. The van der Waals surface area contributed by atoms with Crippen LogP contribution in [0.25, 0.3) is 5.76 Å². The van der Waals surface area contributed by atoms with Gasteiger partial charge in [-0.05, 0) is 36.4 Å². The number of aromatic nitrogens is 1. The van der Waals surface area contributed by atoms with Crippen molar-refractivity contribution < 1.29 is 24.2 Å². The van der Waals surface area contributed by atoms with E-state index in [0.717, 1.165) is 5.56 Å². The number of aliphatic hydroxyl groups excluding tert-OH is 1. The number of likely N-dealkylation sites (tertiary alicyclic amines) is 1. The topological polar surface area (TPSA) is 89.0 Å². The minimum atomic E-state index is -0.892. The van der Waals surface area contributed by atoms with Crippen molar-refractivity contribution in [3.8, 4) is 11.5 Å². The molecule has 1 N–H and O–H groups in total. The minimum absolute atomic E-state index is 0.0603. The van der Waals surface area contributed by atoms with Crippen LogP contribution < -0.4 is 9.47 Å². The molecule has 0 spiro atoms. The van der Waals surface area contributed by atoms with Gasteiger partial charge in [-0.15, -0.1) is 0 Å². The highest BCUT2D eigenvalue weighted by molar-refractivity contribution is 6.46. The predicted molar refractivity (Wildman–Crippen MR) is 123 cm³/mol. The molecule has 168 valence electrons. The monoisotopic (exact) mass is 464 g/mol. The maximum Gasteiger partial charge on any atom is 0.296 e. The van der Waals surface area contributed by atoms with Crippen LogP contribution in [0.1, 0.15) is 22.9 Å². The number of ketones is 1. The average Bonchev–Trinajstić information content (AvgIpc) is 3.09. The van der Waals surface area contributed by atoms with Crippen LogP contribution in [0.5, 0.6) is 11.5 Å². The van der Waals surface area contributed by atoms with Crippen LogP contribution in [-0.4, -0.2) is 40.9 Å². The van der Waals surface area contributed by atoms with Gasteiger partial charge >= 0.3 is 0 Å². The van der Waals surface area contributed by atoms with Crippen LogP contribution in [0.15, 0.2) is 72.4 Å². The van der Waals surface area contributed by atoms with Crippen LogP contribution in [0.4, 0.5) is 0 Å². The molecule has 1 amide bonds. The molecule has 7 nitrogen and oxygen atoms in total. The second-order valence-electron chi connectivity index (χ2n) is 7.34. The van der Waals surface area contributed by atoms with E-state index in [4.69, 9.17) is 21.1 Å². The third-order valence-electron chi connectivity index (χ3n) is 5.47. The summed E-state index contributed by atoms with van der Waals surface area (Å²) < 4.78 is 10.6. The Bertz CT molecular complexity index is 1240. The zero-order chi connectivity index (χ0) is 23.5. The van der Waals surface area contributed by atoms with E-state index in [9.17, 15) is 14.7 Å². The molecule has 8 heteroatoms. The molecule has 4 rings (SSSR count). The minimum Gasteiger partial charge on any atom is -0.507 e. The Kier molecular flexibility index (Phi) is 6.33. The lowest BCUT2D eigenvalue weighted by Crippen LogP contribution is -2.29. The number of halogens is 1. The van der Waals surface area contributed by atoms with Gasteiger partial charge in [-0.1, -0.05) is 35.9 Å². The highest BCUT2D eigenvalue weighted by Gasteiger charge is 2.47. The second-order valence-corrected chi connectivity index (χ2v) is 7.75. The van der Waals surface area contributed by atoms with Gasteiger partial charge in [0.2, 0.25) is 0 Å². The normalized spacial score (nSPS) is 17.3. The van der Waals surface area contributed by atoms with E-state index in [0.29, 0.717) is 17.2 Å². The largest absolute Gasteiger partial charge is 0.507 e. The van der Waals surface area contributed by atoms with E-state index < -0.39 is 17.7 Å². The Morgan fingerprint density at radius 1 is 1.03 bits per heavy atom. The lowest BCUT2D eigenvalue weighted by Gasteiger charge is -2.25. The SMILES string of the molecule is COc1ccc(/C(O)=C2/C(=O)C(=O)N(Cc3ccccc3OC)C2c2ccccn2)cc1Cl. The number of nitrogens with zero attached hydrogens (tertiary/aromatic N) is 2. The summed E-state index contributed by atoms with van der Waals surface area (Å²) in [6.45, 7) is 0.0932. The summed E-state index contributed by atoms with van der Waals surface area (Å²) in [6.07, 6.45) is 1.57. The number of para-hydroxylation sites is 1. The number of rotatable bonds is 6. The molecule has 1 aliphatic rings. The van der Waals surface area contributed by atoms with Crippen LogP contribution in [0.2, 0.25) is 5.02 Å². The molecule has 33 heavy (non-hydrogen) atoms. The number of Topliss-reactive ketones (excluding diaryl/α,β-unsaturated/α-hetero) is 1. The zero-order valence-corrected chi connectivity index (χ0v) is 18.7. The number of carbonyl (C=O) groups is 2. The van der Waals surface area contributed by atoms with Crippen molar-refractivity contribution in [1.29, 1.82) is 0 Å². The first-order valence-electron chi connectivity index (χ1n) is 10.1. The first-order chi connectivity index (χ1) is 16.0. The lowest BCUT2D eigenvalue weighted by atomic mass is 9.98. The molecule has 2 heterocycles. The summed E-state index contributed by atoms with van der Waals surface area (Å²) >= 11 is 6.22. The lowest BCUT2D eigenvalue weighted by molar-refractivity contribution is -0.140. The first-order valence-corrected chi connectivity index (χ1v) is 10.5. The van der Waals surface area contributed by atoms with Gasteiger partial charge in [-0.25, -0.2) is 0 Å². The van der Waals surface area contributed by atoms with Gasteiger partial charge in [0.25, 0.3) is 11.7 Å². The fraction of sp³-hybridized carbons (Fsp3) is 0.160. The van der Waals surface area contributed by atoms with Gasteiger partial charge < -0.3 is 19.5 Å². The number of methoxy groups -OCH3 is 2. The molecule has 1 fully saturated rings. The smallest absolute Gasteiger partial charge is 0.296 e. The van der Waals surface area contributed by atoms with Gasteiger partial charge in [0.05, 0.1) is 37.1 Å². The zero-order valence-electron chi connectivity index (χ0n) is 18.0. The Morgan fingerprint density at radius 2 is 1.76 bits per heavy atom. The van der Waals surface area contributed by atoms with Crippen molar-refractivity contribution in [3.05, 3.63) is 94.3 Å². The molecular formula is C25H21ClN2O5. The van der Waals surface area contributed by atoms with Crippen LogP contribution >= 0.6 is 11.6 Å². The Morgan fingerprint density at radius 3 is 2.42 bits per heavy atom. The predicted octanol–water partition coefficient (Wildman–Crippen LogP) is 4.37. The molecule has 1 aliphatic heterocycles. The maximum atomic E-state index is 13.1. The van der Waals surface area contributed by atoms with E-state index in [1.807, 2.05) is 18.2 Å². The third kappa shape index (κ3) is 4.15. The summed E-state index contributed by atoms with van der Waals surface area (Å²) in [7, 11) is 3.02. The molecule has 2 aromatic carbocycles. The molecule has 1 atom stereocenters. The number of hydrogen-bond acceptors (Lipinski definition) is 6. The maximum absolute atomic E-state index is 13.1. The first kappa shape index (κ1) is 22.4. The van der Waals surface area contributed by atoms with Gasteiger partial charge in [-0.3, -0.25) is 14.6 Å². The van der Waals surface area contributed by atoms with E-state index in [2.05, 4.69) is 4.98 Å².